The van der Waals surface area contributed by atoms with Crippen LogP contribution in [0.2, 0.25) is 0 Å². The minimum atomic E-state index is -1.12. The van der Waals surface area contributed by atoms with Crippen LogP contribution in [0.1, 0.15) is 39.3 Å². The Labute approximate surface area is 206 Å². The monoisotopic (exact) mass is 490 g/mol. The number of carboxylic acid groups (broad SMARTS) is 1. The number of anilines is 3. The lowest BCUT2D eigenvalue weighted by Gasteiger charge is -2.21. The van der Waals surface area contributed by atoms with Crippen LogP contribution in [0.25, 0.3) is 5.65 Å². The number of aromatic carboxylic acids is 1. The van der Waals surface area contributed by atoms with Crippen molar-refractivity contribution in [1.82, 2.24) is 29.7 Å². The first-order valence-electron chi connectivity index (χ1n) is 11.4. The van der Waals surface area contributed by atoms with Crippen LogP contribution in [0.3, 0.4) is 0 Å². The van der Waals surface area contributed by atoms with Crippen molar-refractivity contribution < 1.29 is 19.4 Å². The van der Waals surface area contributed by atoms with Crippen LogP contribution in [-0.2, 0) is 13.6 Å². The molecule has 3 aromatic heterocycles. The molecule has 1 saturated carbocycles. The molecule has 186 valence electrons. The van der Waals surface area contributed by atoms with Gasteiger partial charge < -0.3 is 25.4 Å². The van der Waals surface area contributed by atoms with Crippen LogP contribution in [0.15, 0.2) is 42.7 Å². The summed E-state index contributed by atoms with van der Waals surface area (Å²) in [7, 11) is 5.17. The summed E-state index contributed by atoms with van der Waals surface area (Å²) in [6, 6.07) is 9.66. The van der Waals surface area contributed by atoms with Crippen LogP contribution < -0.4 is 20.3 Å². The zero-order chi connectivity index (χ0) is 25.4. The second-order valence-corrected chi connectivity index (χ2v) is 8.74. The first-order chi connectivity index (χ1) is 17.3. The van der Waals surface area contributed by atoms with Gasteiger partial charge in [-0.1, -0.05) is 12.1 Å². The molecule has 0 radical (unpaired) electrons. The van der Waals surface area contributed by atoms with Crippen molar-refractivity contribution in [2.24, 2.45) is 7.05 Å². The molecule has 1 aliphatic carbocycles. The van der Waals surface area contributed by atoms with Gasteiger partial charge in [-0.25, -0.2) is 14.3 Å². The Kier molecular flexibility index (Phi) is 5.92. The number of nitrogens with one attached hydrogen (secondary N) is 2. The van der Waals surface area contributed by atoms with E-state index >= 15 is 0 Å². The van der Waals surface area contributed by atoms with Crippen LogP contribution >= 0.6 is 0 Å². The van der Waals surface area contributed by atoms with Gasteiger partial charge in [0.15, 0.2) is 23.0 Å². The Balaban J connectivity index is 1.54. The minimum absolute atomic E-state index is 0.00451. The molecule has 1 aliphatic rings. The SMILES string of the molecule is COc1ccc(CN(C)c2cc(Nc3nn(C)cc3C(=O)O)nn3c(C(=O)NC4CC4)cnc23)cc1. The second kappa shape index (κ2) is 9.21. The maximum atomic E-state index is 12.9. The number of benzene rings is 1. The Bertz CT molecular complexity index is 1440. The van der Waals surface area contributed by atoms with Gasteiger partial charge in [0, 0.05) is 38.9 Å². The maximum absolute atomic E-state index is 12.9. The normalized spacial score (nSPS) is 13.0. The number of carbonyl (C=O) groups excluding carboxylic acids is 1. The molecule has 1 aromatic carbocycles. The summed E-state index contributed by atoms with van der Waals surface area (Å²) in [6.45, 7) is 0.545. The Hall–Kier alpha value is -4.61. The molecule has 36 heavy (non-hydrogen) atoms. The number of fused-ring (bicyclic) bond motifs is 1. The van der Waals surface area contributed by atoms with Gasteiger partial charge in [0.2, 0.25) is 0 Å². The van der Waals surface area contributed by atoms with Crippen molar-refractivity contribution in [1.29, 1.82) is 0 Å². The highest BCUT2D eigenvalue weighted by molar-refractivity contribution is 5.95. The third kappa shape index (κ3) is 4.65. The lowest BCUT2D eigenvalue weighted by atomic mass is 10.2. The fourth-order valence-electron chi connectivity index (χ4n) is 3.88. The number of amides is 1. The predicted octanol–water partition coefficient (Wildman–Crippen LogP) is 2.44. The van der Waals surface area contributed by atoms with Gasteiger partial charge in [0.1, 0.15) is 11.3 Å². The number of methoxy groups -OCH3 is 1. The predicted molar refractivity (Wildman–Crippen MR) is 132 cm³/mol. The van der Waals surface area contributed by atoms with Crippen LogP contribution in [0.4, 0.5) is 17.3 Å². The molecule has 1 amide bonds. The molecule has 0 spiro atoms. The fourth-order valence-corrected chi connectivity index (χ4v) is 3.88. The molecule has 3 heterocycles. The van der Waals surface area contributed by atoms with Gasteiger partial charge in [0.05, 0.1) is 19.0 Å². The van der Waals surface area contributed by atoms with E-state index in [1.165, 1.54) is 21.6 Å². The quantitative estimate of drug-likeness (QED) is 0.323. The van der Waals surface area contributed by atoms with Crippen molar-refractivity contribution in [3.63, 3.8) is 0 Å². The number of carboxylic acids is 1. The van der Waals surface area contributed by atoms with Crippen molar-refractivity contribution in [2.75, 3.05) is 24.4 Å². The van der Waals surface area contributed by atoms with Gasteiger partial charge in [-0.2, -0.15) is 5.10 Å². The van der Waals surface area contributed by atoms with Crippen LogP contribution in [0.5, 0.6) is 5.75 Å². The molecule has 0 atom stereocenters. The Morgan fingerprint density at radius 2 is 1.97 bits per heavy atom. The summed E-state index contributed by atoms with van der Waals surface area (Å²) in [5, 5.41) is 24.3. The molecule has 1 fully saturated rings. The maximum Gasteiger partial charge on any atom is 0.341 e. The summed E-state index contributed by atoms with van der Waals surface area (Å²) >= 11 is 0. The molecule has 0 unspecified atom stereocenters. The van der Waals surface area contributed by atoms with Gasteiger partial charge in [0.25, 0.3) is 5.91 Å². The molecule has 4 aromatic rings. The van der Waals surface area contributed by atoms with E-state index in [-0.39, 0.29) is 23.3 Å². The topological polar surface area (TPSA) is 139 Å². The van der Waals surface area contributed by atoms with E-state index in [4.69, 9.17) is 4.74 Å². The van der Waals surface area contributed by atoms with Crippen molar-refractivity contribution >= 4 is 34.8 Å². The Morgan fingerprint density at radius 3 is 2.64 bits per heavy atom. The van der Waals surface area contributed by atoms with E-state index in [0.717, 1.165) is 24.2 Å². The van der Waals surface area contributed by atoms with Crippen molar-refractivity contribution in [3.05, 3.63) is 59.5 Å². The van der Waals surface area contributed by atoms with E-state index < -0.39 is 5.97 Å². The van der Waals surface area contributed by atoms with Crippen LogP contribution in [0, 0.1) is 0 Å². The average Bonchev–Trinajstić information content (AvgIpc) is 3.43. The summed E-state index contributed by atoms with van der Waals surface area (Å²) in [6.07, 6.45) is 4.82. The summed E-state index contributed by atoms with van der Waals surface area (Å²) in [4.78, 5) is 31.0. The Morgan fingerprint density at radius 1 is 1.22 bits per heavy atom. The smallest absolute Gasteiger partial charge is 0.341 e. The molecule has 0 bridgehead atoms. The molecular formula is C24H26N8O4. The standard InChI is InChI=1S/C24H26N8O4/c1-30(12-14-4-8-16(36-3)9-5-14)18-10-20(27-21-17(24(34)35)13-31(2)29-21)28-32-19(11-25-22(18)32)23(33)26-15-6-7-15/h4-5,8-11,13,15H,6-7,12H2,1-3H3,(H,26,33)(H,34,35)(H,27,28,29). The third-order valence-corrected chi connectivity index (χ3v) is 5.89. The number of ether oxygens (including phenoxy) is 1. The van der Waals surface area contributed by atoms with Crippen molar-refractivity contribution in [3.8, 4) is 5.75 Å². The van der Waals surface area contributed by atoms with Gasteiger partial charge >= 0.3 is 5.97 Å². The highest BCUT2D eigenvalue weighted by Gasteiger charge is 2.26. The number of imidazole rings is 1. The highest BCUT2D eigenvalue weighted by atomic mass is 16.5. The number of hydrogen-bond acceptors (Lipinski definition) is 8. The van der Waals surface area contributed by atoms with Gasteiger partial charge in [-0.05, 0) is 30.5 Å². The summed E-state index contributed by atoms with van der Waals surface area (Å²) in [5.74, 6) is -0.148. The largest absolute Gasteiger partial charge is 0.497 e. The van der Waals surface area contributed by atoms with E-state index in [9.17, 15) is 14.7 Å². The molecular weight excluding hydrogens is 464 g/mol. The zero-order valence-electron chi connectivity index (χ0n) is 20.1. The third-order valence-electron chi connectivity index (χ3n) is 5.89. The molecule has 0 saturated heterocycles. The average molecular weight is 491 g/mol. The zero-order valence-corrected chi connectivity index (χ0v) is 20.1. The number of nitrogens with zero attached hydrogens (tertiary/aromatic N) is 6. The lowest BCUT2D eigenvalue weighted by molar-refractivity contribution is 0.0697. The number of carbonyl (C=O) groups is 2. The highest BCUT2D eigenvalue weighted by Crippen LogP contribution is 2.28. The number of rotatable bonds is 9. The van der Waals surface area contributed by atoms with E-state index in [2.05, 4.69) is 25.8 Å². The molecule has 5 rings (SSSR count). The van der Waals surface area contributed by atoms with E-state index in [1.54, 1.807) is 20.2 Å². The molecule has 12 heteroatoms. The lowest BCUT2D eigenvalue weighted by Crippen LogP contribution is -2.27. The molecule has 12 nitrogen and oxygen atoms in total. The molecule has 0 aliphatic heterocycles. The van der Waals surface area contributed by atoms with Crippen LogP contribution in [-0.4, -0.2) is 61.6 Å². The first-order valence-corrected chi connectivity index (χ1v) is 11.4. The van der Waals surface area contributed by atoms with Crippen molar-refractivity contribution in [2.45, 2.75) is 25.4 Å². The summed E-state index contributed by atoms with van der Waals surface area (Å²) < 4.78 is 8.13. The van der Waals surface area contributed by atoms with Gasteiger partial charge in [-0.3, -0.25) is 9.48 Å². The first kappa shape index (κ1) is 23.1. The second-order valence-electron chi connectivity index (χ2n) is 8.74. The molecule has 3 N–H and O–H groups in total. The number of aromatic nitrogens is 5. The minimum Gasteiger partial charge on any atom is -0.497 e. The summed E-state index contributed by atoms with van der Waals surface area (Å²) in [5.41, 5.74) is 2.53. The van der Waals surface area contributed by atoms with Gasteiger partial charge in [-0.15, -0.1) is 5.10 Å². The van der Waals surface area contributed by atoms with E-state index in [0.29, 0.717) is 29.4 Å². The fraction of sp³-hybridized carbons (Fsp3) is 0.292. The number of aryl methyl sites for hydroxylation is 1. The number of hydrogen-bond donors (Lipinski definition) is 3. The van der Waals surface area contributed by atoms with E-state index in [1.807, 2.05) is 36.2 Å².